The van der Waals surface area contributed by atoms with E-state index in [1.807, 2.05) is 0 Å². The van der Waals surface area contributed by atoms with Gasteiger partial charge in [0.1, 0.15) is 24.4 Å². The molecule has 1 aliphatic heterocycles. The minimum absolute atomic E-state index is 1.73. The van der Waals surface area contributed by atoms with Crippen LogP contribution < -0.4 is 5.11 Å². The molecular weight excluding hydrogens is 184 g/mol. The summed E-state index contributed by atoms with van der Waals surface area (Å²) in [6, 6.07) is 0. The second kappa shape index (κ2) is 3.56. The highest BCUT2D eigenvalue weighted by molar-refractivity contribution is 5.71. The van der Waals surface area contributed by atoms with E-state index in [0.29, 0.717) is 0 Å². The second-order valence-corrected chi connectivity index (χ2v) is 2.74. The van der Waals surface area contributed by atoms with Crippen molar-refractivity contribution >= 4 is 5.97 Å². The lowest BCUT2D eigenvalue weighted by Gasteiger charge is -2.38. The van der Waals surface area contributed by atoms with Crippen molar-refractivity contribution in [1.82, 2.24) is 0 Å². The number of rotatable bonds is 1. The molecule has 1 saturated heterocycles. The highest BCUT2D eigenvalue weighted by Gasteiger charge is 2.43. The van der Waals surface area contributed by atoms with E-state index in [4.69, 9.17) is 20.4 Å². The van der Waals surface area contributed by atoms with Crippen molar-refractivity contribution in [3.8, 4) is 0 Å². The Balaban J connectivity index is 2.76. The summed E-state index contributed by atoms with van der Waals surface area (Å²) in [6.07, 6.45) is -9.00. The first-order valence-corrected chi connectivity index (χ1v) is 3.53. The Morgan fingerprint density at radius 2 is 1.62 bits per heavy atom. The molecule has 0 spiro atoms. The third-order valence-electron chi connectivity index (χ3n) is 1.82. The molecule has 7 nitrogen and oxygen atoms in total. The lowest BCUT2D eigenvalue weighted by Crippen LogP contribution is -2.62. The number of carbonyl (C=O) groups excluding carboxylic acids is 1. The lowest BCUT2D eigenvalue weighted by molar-refractivity contribution is -0.345. The van der Waals surface area contributed by atoms with Crippen LogP contribution in [-0.4, -0.2) is 57.1 Å². The van der Waals surface area contributed by atoms with Crippen molar-refractivity contribution in [2.45, 2.75) is 30.7 Å². The molecule has 13 heavy (non-hydrogen) atoms. The molecule has 5 atom stereocenters. The van der Waals surface area contributed by atoms with Crippen LogP contribution in [0, 0.1) is 0 Å². The molecule has 4 N–H and O–H groups in total. The maximum Gasteiger partial charge on any atom is 0.184 e. The van der Waals surface area contributed by atoms with Crippen LogP contribution in [0.1, 0.15) is 0 Å². The summed E-state index contributed by atoms with van der Waals surface area (Å²) in [5.41, 5.74) is 0. The van der Waals surface area contributed by atoms with E-state index in [1.165, 1.54) is 0 Å². The molecule has 0 radical (unpaired) electrons. The quantitative estimate of drug-likeness (QED) is 0.330. The standard InChI is InChI=1S/C6H10O7/c7-1-2(8)4(5(10)11)13-6(12)3(1)9/h1-4,6-9,12H,(H,10,11)/p-1/t1-,2+,3-,4-,6+/m1/s1. The maximum atomic E-state index is 10.3. The van der Waals surface area contributed by atoms with Crippen molar-refractivity contribution in [3.63, 3.8) is 0 Å². The van der Waals surface area contributed by atoms with E-state index in [0.717, 1.165) is 0 Å². The third-order valence-corrected chi connectivity index (χ3v) is 1.82. The molecule has 0 aromatic carbocycles. The van der Waals surface area contributed by atoms with Gasteiger partial charge < -0.3 is 35.1 Å². The number of hydrogen-bond donors (Lipinski definition) is 4. The van der Waals surface area contributed by atoms with Gasteiger partial charge in [-0.2, -0.15) is 0 Å². The Morgan fingerprint density at radius 1 is 1.08 bits per heavy atom. The normalized spacial score (nSPS) is 46.0. The van der Waals surface area contributed by atoms with Gasteiger partial charge in [0.05, 0.1) is 5.97 Å². The Bertz CT molecular complexity index is 205. The zero-order valence-corrected chi connectivity index (χ0v) is 6.40. The monoisotopic (exact) mass is 193 g/mol. The smallest absolute Gasteiger partial charge is 0.184 e. The fourth-order valence-electron chi connectivity index (χ4n) is 1.06. The average Bonchev–Trinajstić information content (AvgIpc) is 2.07. The van der Waals surface area contributed by atoms with Crippen molar-refractivity contribution in [2.75, 3.05) is 0 Å². The number of hydrogen-bond acceptors (Lipinski definition) is 7. The number of aliphatic hydroxyl groups is 4. The number of carboxylic acids is 1. The molecule has 1 heterocycles. The van der Waals surface area contributed by atoms with Gasteiger partial charge in [0.2, 0.25) is 0 Å². The zero-order chi connectivity index (χ0) is 10.2. The van der Waals surface area contributed by atoms with Gasteiger partial charge in [-0.25, -0.2) is 0 Å². The highest BCUT2D eigenvalue weighted by Crippen LogP contribution is 2.19. The SMILES string of the molecule is O=C([O-])[C@@H]1O[C@H](O)[C@H](O)[C@H](O)[C@@H]1O. The molecule has 0 saturated carbocycles. The zero-order valence-electron chi connectivity index (χ0n) is 6.40. The van der Waals surface area contributed by atoms with E-state index in [1.54, 1.807) is 0 Å². The Morgan fingerprint density at radius 3 is 2.08 bits per heavy atom. The topological polar surface area (TPSA) is 130 Å². The molecule has 0 aromatic heterocycles. The molecule has 1 rings (SSSR count). The summed E-state index contributed by atoms with van der Waals surface area (Å²) in [5.74, 6) is -1.77. The number of carbonyl (C=O) groups is 1. The fourth-order valence-corrected chi connectivity index (χ4v) is 1.06. The summed E-state index contributed by atoms with van der Waals surface area (Å²) in [5, 5.41) is 46.1. The molecule has 0 aromatic rings. The molecule has 1 fully saturated rings. The lowest BCUT2D eigenvalue weighted by atomic mass is 9.99. The molecule has 7 heteroatoms. The van der Waals surface area contributed by atoms with Crippen LogP contribution in [-0.2, 0) is 9.53 Å². The van der Waals surface area contributed by atoms with Gasteiger partial charge in [-0.1, -0.05) is 0 Å². The van der Waals surface area contributed by atoms with Crippen molar-refractivity contribution in [3.05, 3.63) is 0 Å². The molecule has 1 aliphatic rings. The predicted octanol–water partition coefficient (Wildman–Crippen LogP) is -4.46. The van der Waals surface area contributed by atoms with Gasteiger partial charge >= 0.3 is 0 Å². The maximum absolute atomic E-state index is 10.3. The largest absolute Gasteiger partial charge is 0.547 e. The van der Waals surface area contributed by atoms with Crippen LogP contribution in [0.3, 0.4) is 0 Å². The second-order valence-electron chi connectivity index (χ2n) is 2.74. The van der Waals surface area contributed by atoms with Crippen molar-refractivity contribution < 1.29 is 35.1 Å². The van der Waals surface area contributed by atoms with Crippen molar-refractivity contribution in [2.24, 2.45) is 0 Å². The van der Waals surface area contributed by atoms with Gasteiger partial charge in [-0.3, -0.25) is 0 Å². The first-order chi connectivity index (χ1) is 5.95. The van der Waals surface area contributed by atoms with Crippen LogP contribution in [0.5, 0.6) is 0 Å². The van der Waals surface area contributed by atoms with Crippen LogP contribution in [0.25, 0.3) is 0 Å². The van der Waals surface area contributed by atoms with Gasteiger partial charge in [0, 0.05) is 0 Å². The van der Waals surface area contributed by atoms with E-state index >= 15 is 0 Å². The minimum atomic E-state index is -1.85. The first kappa shape index (κ1) is 10.4. The summed E-state index contributed by atoms with van der Waals surface area (Å²) in [4.78, 5) is 10.3. The fraction of sp³-hybridized carbons (Fsp3) is 0.833. The average molecular weight is 193 g/mol. The van der Waals surface area contributed by atoms with Crippen molar-refractivity contribution in [1.29, 1.82) is 0 Å². The van der Waals surface area contributed by atoms with Gasteiger partial charge in [-0.05, 0) is 0 Å². The Kier molecular flexibility index (Phi) is 2.84. The van der Waals surface area contributed by atoms with Gasteiger partial charge in [0.25, 0.3) is 0 Å². The van der Waals surface area contributed by atoms with Crippen LogP contribution in [0.2, 0.25) is 0 Å². The van der Waals surface area contributed by atoms with Gasteiger partial charge in [-0.15, -0.1) is 0 Å². The van der Waals surface area contributed by atoms with E-state index < -0.39 is 36.7 Å². The third kappa shape index (κ3) is 1.79. The van der Waals surface area contributed by atoms with Gasteiger partial charge in [0.15, 0.2) is 6.29 Å². The van der Waals surface area contributed by atoms with Crippen LogP contribution in [0.15, 0.2) is 0 Å². The van der Waals surface area contributed by atoms with E-state index in [9.17, 15) is 9.90 Å². The molecule has 0 bridgehead atoms. The first-order valence-electron chi connectivity index (χ1n) is 3.53. The Hall–Kier alpha value is -0.730. The number of ether oxygens (including phenoxy) is 1. The molecule has 0 unspecified atom stereocenters. The van der Waals surface area contributed by atoms with E-state index in [-0.39, 0.29) is 0 Å². The summed E-state index contributed by atoms with van der Waals surface area (Å²) < 4.78 is 4.28. The minimum Gasteiger partial charge on any atom is -0.547 e. The van der Waals surface area contributed by atoms with Crippen LogP contribution >= 0.6 is 0 Å². The molecular formula is C6H9O7-. The highest BCUT2D eigenvalue weighted by atomic mass is 16.6. The Labute approximate surface area is 72.8 Å². The number of aliphatic hydroxyl groups excluding tert-OH is 4. The summed E-state index contributed by atoms with van der Waals surface area (Å²) in [6.45, 7) is 0. The van der Waals surface area contributed by atoms with E-state index in [2.05, 4.69) is 4.74 Å². The molecule has 76 valence electrons. The summed E-state index contributed by atoms with van der Waals surface area (Å²) >= 11 is 0. The molecule has 0 amide bonds. The summed E-state index contributed by atoms with van der Waals surface area (Å²) in [7, 11) is 0. The van der Waals surface area contributed by atoms with Crippen LogP contribution in [0.4, 0.5) is 0 Å². The molecule has 0 aliphatic carbocycles. The number of carboxylic acid groups (broad SMARTS) is 1. The predicted molar refractivity (Wildman–Crippen MR) is 33.9 cm³/mol. The number of aliphatic carboxylic acids is 1.